The van der Waals surface area contributed by atoms with E-state index in [1.807, 2.05) is 19.9 Å². The van der Waals surface area contributed by atoms with Crippen molar-refractivity contribution in [1.29, 1.82) is 0 Å². The van der Waals surface area contributed by atoms with Crippen LogP contribution in [-0.4, -0.2) is 25.0 Å². The second kappa shape index (κ2) is 8.86. The molecule has 1 N–H and O–H groups in total. The first kappa shape index (κ1) is 22.4. The van der Waals surface area contributed by atoms with E-state index in [1.165, 1.54) is 6.07 Å². The molecular weight excluding hydrogens is 423 g/mol. The van der Waals surface area contributed by atoms with Gasteiger partial charge in [-0.3, -0.25) is 9.59 Å². The Balaban J connectivity index is 1.89. The summed E-state index contributed by atoms with van der Waals surface area (Å²) in [6.07, 6.45) is 0.884. The number of hydrogen-bond donors (Lipinski definition) is 1. The Morgan fingerprint density at radius 3 is 2.60 bits per heavy atom. The van der Waals surface area contributed by atoms with Crippen LogP contribution >= 0.6 is 23.2 Å². The molecule has 30 heavy (non-hydrogen) atoms. The molecule has 0 unspecified atom stereocenters. The standard InChI is InChI=1S/C23H26Cl2N2O3/c1-14(2)9-10-27-19-8-6-16(12-20(19)30-13-23(3,4)22(27)29)26-21(28)17-7-5-15(24)11-18(17)25/h5-8,11-12,14H,9-10,13H2,1-4H3,(H,26,28). The number of fused-ring (bicyclic) bond motifs is 1. The van der Waals surface area contributed by atoms with Crippen LogP contribution < -0.4 is 15.0 Å². The number of anilines is 2. The highest BCUT2D eigenvalue weighted by molar-refractivity contribution is 6.37. The van der Waals surface area contributed by atoms with E-state index < -0.39 is 5.41 Å². The quantitative estimate of drug-likeness (QED) is 0.605. The molecule has 0 saturated carbocycles. The average molecular weight is 449 g/mol. The third kappa shape index (κ3) is 4.90. The Kier molecular flexibility index (Phi) is 6.63. The third-order valence-corrected chi connectivity index (χ3v) is 5.57. The molecule has 0 aromatic heterocycles. The summed E-state index contributed by atoms with van der Waals surface area (Å²) in [5.41, 5.74) is 0.956. The molecule has 0 saturated heterocycles. The molecule has 160 valence electrons. The summed E-state index contributed by atoms with van der Waals surface area (Å²) in [7, 11) is 0. The largest absolute Gasteiger partial charge is 0.490 e. The minimum absolute atomic E-state index is 0.0339. The zero-order valence-electron chi connectivity index (χ0n) is 17.6. The molecular formula is C23H26Cl2N2O3. The van der Waals surface area contributed by atoms with Crippen molar-refractivity contribution >= 4 is 46.4 Å². The topological polar surface area (TPSA) is 58.6 Å². The number of hydrogen-bond acceptors (Lipinski definition) is 3. The van der Waals surface area contributed by atoms with Crippen LogP contribution in [0.1, 0.15) is 44.5 Å². The molecule has 3 rings (SSSR count). The molecule has 5 nitrogen and oxygen atoms in total. The smallest absolute Gasteiger partial charge is 0.257 e. The van der Waals surface area contributed by atoms with Gasteiger partial charge in [-0.15, -0.1) is 0 Å². The van der Waals surface area contributed by atoms with Gasteiger partial charge in [0.2, 0.25) is 5.91 Å². The Morgan fingerprint density at radius 1 is 1.20 bits per heavy atom. The summed E-state index contributed by atoms with van der Waals surface area (Å²) >= 11 is 12.0. The van der Waals surface area contributed by atoms with Gasteiger partial charge >= 0.3 is 0 Å². The van der Waals surface area contributed by atoms with Crippen LogP contribution in [0.25, 0.3) is 0 Å². The SMILES string of the molecule is CC(C)CCN1C(=O)C(C)(C)COc2cc(NC(=O)c3ccc(Cl)cc3Cl)ccc21. The maximum Gasteiger partial charge on any atom is 0.257 e. The molecule has 0 aliphatic carbocycles. The van der Waals surface area contributed by atoms with Gasteiger partial charge in [-0.05, 0) is 56.5 Å². The normalized spacial score (nSPS) is 15.4. The summed E-state index contributed by atoms with van der Waals surface area (Å²) in [5, 5.41) is 3.57. The number of amides is 2. The fourth-order valence-corrected chi connectivity index (χ4v) is 3.70. The van der Waals surface area contributed by atoms with Crippen molar-refractivity contribution in [2.75, 3.05) is 23.4 Å². The molecule has 0 atom stereocenters. The van der Waals surface area contributed by atoms with E-state index in [0.717, 1.165) is 6.42 Å². The molecule has 0 radical (unpaired) electrons. The highest BCUT2D eigenvalue weighted by Gasteiger charge is 2.37. The second-order valence-electron chi connectivity index (χ2n) is 8.57. The van der Waals surface area contributed by atoms with Crippen LogP contribution in [0.15, 0.2) is 36.4 Å². The maximum absolute atomic E-state index is 13.1. The molecule has 0 spiro atoms. The fourth-order valence-electron chi connectivity index (χ4n) is 3.21. The van der Waals surface area contributed by atoms with Gasteiger partial charge in [-0.25, -0.2) is 0 Å². The maximum atomic E-state index is 13.1. The van der Waals surface area contributed by atoms with E-state index in [0.29, 0.717) is 40.2 Å². The zero-order chi connectivity index (χ0) is 22.1. The van der Waals surface area contributed by atoms with Crippen LogP contribution in [0, 0.1) is 11.3 Å². The van der Waals surface area contributed by atoms with Gasteiger partial charge in [0.25, 0.3) is 5.91 Å². The van der Waals surface area contributed by atoms with E-state index in [9.17, 15) is 9.59 Å². The lowest BCUT2D eigenvalue weighted by molar-refractivity contribution is -0.127. The van der Waals surface area contributed by atoms with Crippen molar-refractivity contribution in [2.24, 2.45) is 11.3 Å². The predicted octanol–water partition coefficient (Wildman–Crippen LogP) is 6.04. The number of benzene rings is 2. The fraction of sp³-hybridized carbons (Fsp3) is 0.391. The van der Waals surface area contributed by atoms with Crippen LogP contribution in [0.4, 0.5) is 11.4 Å². The molecule has 1 heterocycles. The zero-order valence-corrected chi connectivity index (χ0v) is 19.1. The lowest BCUT2D eigenvalue weighted by Crippen LogP contribution is -2.42. The molecule has 2 aromatic carbocycles. The van der Waals surface area contributed by atoms with Gasteiger partial charge in [0, 0.05) is 23.3 Å². The van der Waals surface area contributed by atoms with E-state index in [-0.39, 0.29) is 23.4 Å². The van der Waals surface area contributed by atoms with E-state index >= 15 is 0 Å². The Hall–Kier alpha value is -2.24. The lowest BCUT2D eigenvalue weighted by Gasteiger charge is -2.28. The van der Waals surface area contributed by atoms with Gasteiger partial charge in [0.1, 0.15) is 12.4 Å². The summed E-state index contributed by atoms with van der Waals surface area (Å²) < 4.78 is 5.98. The van der Waals surface area contributed by atoms with Crippen molar-refractivity contribution in [2.45, 2.75) is 34.1 Å². The van der Waals surface area contributed by atoms with Gasteiger partial charge in [-0.2, -0.15) is 0 Å². The average Bonchev–Trinajstić information content (AvgIpc) is 2.75. The van der Waals surface area contributed by atoms with Gasteiger partial charge < -0.3 is 15.0 Å². The highest BCUT2D eigenvalue weighted by Crippen LogP contribution is 2.38. The van der Waals surface area contributed by atoms with Crippen LogP contribution in [0.5, 0.6) is 5.75 Å². The Labute approximate surface area is 187 Å². The number of nitrogens with zero attached hydrogens (tertiary/aromatic N) is 1. The van der Waals surface area contributed by atoms with Crippen molar-refractivity contribution in [1.82, 2.24) is 0 Å². The van der Waals surface area contributed by atoms with E-state index in [4.69, 9.17) is 27.9 Å². The van der Waals surface area contributed by atoms with Crippen LogP contribution in [0.2, 0.25) is 10.0 Å². The lowest BCUT2D eigenvalue weighted by atomic mass is 9.92. The summed E-state index contributed by atoms with van der Waals surface area (Å²) in [6, 6.07) is 10.0. The van der Waals surface area contributed by atoms with Gasteiger partial charge in [-0.1, -0.05) is 37.0 Å². The van der Waals surface area contributed by atoms with E-state index in [2.05, 4.69) is 19.2 Å². The summed E-state index contributed by atoms with van der Waals surface area (Å²) in [4.78, 5) is 27.5. The van der Waals surface area contributed by atoms with Gasteiger partial charge in [0.05, 0.1) is 21.7 Å². The number of ether oxygens (including phenoxy) is 1. The van der Waals surface area contributed by atoms with Crippen LogP contribution in [-0.2, 0) is 4.79 Å². The molecule has 0 fully saturated rings. The Morgan fingerprint density at radius 2 is 1.93 bits per heavy atom. The third-order valence-electron chi connectivity index (χ3n) is 5.03. The van der Waals surface area contributed by atoms with Gasteiger partial charge in [0.15, 0.2) is 0 Å². The summed E-state index contributed by atoms with van der Waals surface area (Å²) in [6.45, 7) is 8.90. The van der Waals surface area contributed by atoms with Crippen molar-refractivity contribution in [3.05, 3.63) is 52.0 Å². The first-order valence-corrected chi connectivity index (χ1v) is 10.7. The number of halogens is 2. The molecule has 2 aromatic rings. The first-order chi connectivity index (χ1) is 14.1. The molecule has 0 bridgehead atoms. The minimum Gasteiger partial charge on any atom is -0.490 e. The number of rotatable bonds is 5. The van der Waals surface area contributed by atoms with Crippen molar-refractivity contribution in [3.8, 4) is 5.75 Å². The second-order valence-corrected chi connectivity index (χ2v) is 9.42. The number of nitrogens with one attached hydrogen (secondary N) is 1. The number of carbonyl (C=O) groups excluding carboxylic acids is 2. The monoisotopic (exact) mass is 448 g/mol. The van der Waals surface area contributed by atoms with E-state index in [1.54, 1.807) is 29.2 Å². The van der Waals surface area contributed by atoms with Crippen molar-refractivity contribution in [3.63, 3.8) is 0 Å². The molecule has 1 aliphatic rings. The molecule has 2 amide bonds. The highest BCUT2D eigenvalue weighted by atomic mass is 35.5. The predicted molar refractivity (Wildman–Crippen MR) is 122 cm³/mol. The van der Waals surface area contributed by atoms with Crippen molar-refractivity contribution < 1.29 is 14.3 Å². The van der Waals surface area contributed by atoms with Crippen LogP contribution in [0.3, 0.4) is 0 Å². The molecule has 1 aliphatic heterocycles. The number of carbonyl (C=O) groups is 2. The minimum atomic E-state index is -0.643. The summed E-state index contributed by atoms with van der Waals surface area (Å²) in [5.74, 6) is 0.721. The Bertz CT molecular complexity index is 973. The first-order valence-electron chi connectivity index (χ1n) is 9.94. The molecule has 7 heteroatoms.